The number of aromatic nitrogens is 4. The molecule has 0 atom stereocenters. The van der Waals surface area contributed by atoms with Crippen LogP contribution in [-0.4, -0.2) is 32.6 Å². The highest BCUT2D eigenvalue weighted by Crippen LogP contribution is 2.39. The third kappa shape index (κ3) is 4.43. The third-order valence-corrected chi connectivity index (χ3v) is 6.80. The molecule has 1 fully saturated rings. The van der Waals surface area contributed by atoms with Crippen LogP contribution in [0.15, 0.2) is 16.8 Å². The first-order valence-electron chi connectivity index (χ1n) is 10.4. The monoisotopic (exact) mass is 425 g/mol. The van der Waals surface area contributed by atoms with Gasteiger partial charge in [0, 0.05) is 24.7 Å². The van der Waals surface area contributed by atoms with E-state index in [2.05, 4.69) is 20.4 Å². The molecule has 1 saturated carbocycles. The van der Waals surface area contributed by atoms with Crippen LogP contribution in [0.4, 0.5) is 0 Å². The summed E-state index contributed by atoms with van der Waals surface area (Å²) < 4.78 is 5.48. The fourth-order valence-electron chi connectivity index (χ4n) is 4.18. The van der Waals surface area contributed by atoms with Gasteiger partial charge in [-0.3, -0.25) is 4.79 Å². The average Bonchev–Trinajstić information content (AvgIpc) is 3.31. The topological polar surface area (TPSA) is 93.8 Å². The molecule has 30 heavy (non-hydrogen) atoms. The van der Waals surface area contributed by atoms with Gasteiger partial charge >= 0.3 is 0 Å². The van der Waals surface area contributed by atoms with Gasteiger partial charge in [-0.25, -0.2) is 15.0 Å². The molecule has 0 radical (unpaired) electrons. The lowest BCUT2D eigenvalue weighted by atomic mass is 9.79. The summed E-state index contributed by atoms with van der Waals surface area (Å²) in [7, 11) is 0. The Hall–Kier alpha value is -2.61. The lowest BCUT2D eigenvalue weighted by molar-refractivity contribution is 0.0946. The van der Waals surface area contributed by atoms with E-state index in [9.17, 15) is 4.79 Å². The summed E-state index contributed by atoms with van der Waals surface area (Å²) in [5.74, 6) is 2.35. The number of nitrogens with one attached hydrogen (secondary N) is 1. The Labute approximate surface area is 180 Å². The van der Waals surface area contributed by atoms with Crippen molar-refractivity contribution in [1.29, 1.82) is 0 Å². The first-order chi connectivity index (χ1) is 14.4. The molecule has 158 valence electrons. The number of hydrogen-bond acceptors (Lipinski definition) is 7. The van der Waals surface area contributed by atoms with E-state index in [-0.39, 0.29) is 5.91 Å². The number of amides is 1. The molecule has 3 aromatic heterocycles. The highest BCUT2D eigenvalue weighted by Gasteiger charge is 2.27. The first kappa shape index (κ1) is 20.7. The molecule has 1 amide bonds. The number of carbonyl (C=O) groups is 1. The predicted octanol–water partition coefficient (Wildman–Crippen LogP) is 4.53. The van der Waals surface area contributed by atoms with Crippen LogP contribution in [0.25, 0.3) is 11.3 Å². The second-order valence-electron chi connectivity index (χ2n) is 8.12. The molecule has 1 aliphatic carbocycles. The lowest BCUT2D eigenvalue weighted by Crippen LogP contribution is -2.31. The molecule has 8 heteroatoms. The number of aryl methyl sites for hydroxylation is 4. The van der Waals surface area contributed by atoms with Crippen LogP contribution in [0.2, 0.25) is 0 Å². The maximum atomic E-state index is 12.5. The van der Waals surface area contributed by atoms with Crippen molar-refractivity contribution >= 4 is 17.2 Å². The number of carbonyl (C=O) groups excluding carboxylic acids is 1. The average molecular weight is 426 g/mol. The van der Waals surface area contributed by atoms with Crippen molar-refractivity contribution in [2.24, 2.45) is 5.92 Å². The molecule has 0 aliphatic heterocycles. The van der Waals surface area contributed by atoms with Crippen LogP contribution in [0.5, 0.6) is 0 Å². The van der Waals surface area contributed by atoms with E-state index in [1.54, 1.807) is 0 Å². The quantitative estimate of drug-likeness (QED) is 0.646. The standard InChI is InChI=1S/C22H27N5O2S/c1-12-9-19(29-27-12)18-11-23-14(3)26-20(18)17-7-5-16(6-8-17)10-24-22(28)21-13(2)25-15(4)30-21/h9,11,16-17H,5-8,10H2,1-4H3,(H,24,28). The molecule has 3 aromatic rings. The number of thiazole rings is 1. The van der Waals surface area contributed by atoms with E-state index in [0.29, 0.717) is 18.4 Å². The minimum Gasteiger partial charge on any atom is -0.356 e. The van der Waals surface area contributed by atoms with Crippen molar-refractivity contribution in [2.45, 2.75) is 59.3 Å². The summed E-state index contributed by atoms with van der Waals surface area (Å²) in [6, 6.07) is 1.93. The minimum atomic E-state index is -0.00498. The van der Waals surface area contributed by atoms with Gasteiger partial charge in [-0.1, -0.05) is 5.16 Å². The molecule has 7 nitrogen and oxygen atoms in total. The van der Waals surface area contributed by atoms with Gasteiger partial charge in [0.25, 0.3) is 5.91 Å². The molecule has 0 aromatic carbocycles. The van der Waals surface area contributed by atoms with Gasteiger partial charge in [0.2, 0.25) is 0 Å². The summed E-state index contributed by atoms with van der Waals surface area (Å²) in [6.45, 7) is 8.36. The molecule has 1 N–H and O–H groups in total. The van der Waals surface area contributed by atoms with E-state index in [4.69, 9.17) is 9.51 Å². The van der Waals surface area contributed by atoms with Gasteiger partial charge in [0.1, 0.15) is 10.7 Å². The van der Waals surface area contributed by atoms with Crippen molar-refractivity contribution in [3.8, 4) is 11.3 Å². The lowest BCUT2D eigenvalue weighted by Gasteiger charge is -2.29. The van der Waals surface area contributed by atoms with Gasteiger partial charge in [-0.2, -0.15) is 0 Å². The normalized spacial score (nSPS) is 19.1. The van der Waals surface area contributed by atoms with Crippen LogP contribution in [0.1, 0.15) is 69.2 Å². The summed E-state index contributed by atoms with van der Waals surface area (Å²) in [6.07, 6.45) is 6.04. The zero-order valence-corrected chi connectivity index (χ0v) is 18.7. The predicted molar refractivity (Wildman–Crippen MR) is 116 cm³/mol. The highest BCUT2D eigenvalue weighted by molar-refractivity contribution is 7.13. The summed E-state index contributed by atoms with van der Waals surface area (Å²) in [5, 5.41) is 8.05. The Morgan fingerprint density at radius 2 is 1.93 bits per heavy atom. The van der Waals surface area contributed by atoms with Crippen molar-refractivity contribution < 1.29 is 9.32 Å². The Bertz CT molecular complexity index is 1050. The van der Waals surface area contributed by atoms with Gasteiger partial charge in [0.15, 0.2) is 5.76 Å². The zero-order valence-electron chi connectivity index (χ0n) is 17.9. The van der Waals surface area contributed by atoms with E-state index in [1.165, 1.54) is 11.3 Å². The molecule has 4 rings (SSSR count). The molecular weight excluding hydrogens is 398 g/mol. The molecule has 3 heterocycles. The van der Waals surface area contributed by atoms with Crippen LogP contribution in [0.3, 0.4) is 0 Å². The fraction of sp³-hybridized carbons (Fsp3) is 0.500. The number of nitrogens with zero attached hydrogens (tertiary/aromatic N) is 4. The largest absolute Gasteiger partial charge is 0.356 e. The molecule has 0 spiro atoms. The third-order valence-electron chi connectivity index (χ3n) is 5.73. The Kier molecular flexibility index (Phi) is 5.94. The van der Waals surface area contributed by atoms with Gasteiger partial charge in [-0.05, 0) is 59.3 Å². The van der Waals surface area contributed by atoms with Crippen LogP contribution < -0.4 is 5.32 Å². The molecule has 1 aliphatic rings. The van der Waals surface area contributed by atoms with Crippen molar-refractivity contribution in [3.05, 3.63) is 45.1 Å². The Balaban J connectivity index is 1.38. The Morgan fingerprint density at radius 3 is 2.57 bits per heavy atom. The van der Waals surface area contributed by atoms with Crippen molar-refractivity contribution in [2.75, 3.05) is 6.54 Å². The molecular formula is C22H27N5O2S. The number of rotatable bonds is 5. The maximum Gasteiger partial charge on any atom is 0.263 e. The highest BCUT2D eigenvalue weighted by atomic mass is 32.1. The van der Waals surface area contributed by atoms with E-state index in [0.717, 1.165) is 69.8 Å². The first-order valence-corrected chi connectivity index (χ1v) is 11.2. The maximum absolute atomic E-state index is 12.5. The number of hydrogen-bond donors (Lipinski definition) is 1. The second-order valence-corrected chi connectivity index (χ2v) is 9.33. The van der Waals surface area contributed by atoms with Crippen LogP contribution in [0, 0.1) is 33.6 Å². The summed E-state index contributed by atoms with van der Waals surface area (Å²) >= 11 is 1.46. The van der Waals surface area contributed by atoms with E-state index < -0.39 is 0 Å². The minimum absolute atomic E-state index is 0.00498. The smallest absolute Gasteiger partial charge is 0.263 e. The van der Waals surface area contributed by atoms with Crippen molar-refractivity contribution in [1.82, 2.24) is 25.4 Å². The van der Waals surface area contributed by atoms with E-state index in [1.807, 2.05) is 40.0 Å². The van der Waals surface area contributed by atoms with Gasteiger partial charge < -0.3 is 9.84 Å². The van der Waals surface area contributed by atoms with Crippen molar-refractivity contribution in [3.63, 3.8) is 0 Å². The summed E-state index contributed by atoms with van der Waals surface area (Å²) in [5.41, 5.74) is 3.65. The van der Waals surface area contributed by atoms with Crippen LogP contribution in [-0.2, 0) is 0 Å². The SMILES string of the molecule is Cc1cc(-c2cnc(C)nc2C2CCC(CNC(=O)c3sc(C)nc3C)CC2)on1. The Morgan fingerprint density at radius 1 is 1.17 bits per heavy atom. The molecule has 0 saturated heterocycles. The summed E-state index contributed by atoms with van der Waals surface area (Å²) in [4.78, 5) is 26.7. The van der Waals surface area contributed by atoms with Gasteiger partial charge in [0.05, 0.1) is 27.7 Å². The fourth-order valence-corrected chi connectivity index (χ4v) is 5.01. The molecule has 0 bridgehead atoms. The van der Waals surface area contributed by atoms with E-state index >= 15 is 0 Å². The van der Waals surface area contributed by atoms with Crippen LogP contribution >= 0.6 is 11.3 Å². The second kappa shape index (κ2) is 8.63. The van der Waals surface area contributed by atoms with Gasteiger partial charge in [-0.15, -0.1) is 11.3 Å². The molecule has 0 unspecified atom stereocenters. The zero-order chi connectivity index (χ0) is 21.3.